The van der Waals surface area contributed by atoms with Crippen LogP contribution in [0.1, 0.15) is 12.5 Å². The van der Waals surface area contributed by atoms with E-state index in [2.05, 4.69) is 11.8 Å². The van der Waals surface area contributed by atoms with Gasteiger partial charge in [-0.25, -0.2) is 0 Å². The van der Waals surface area contributed by atoms with E-state index in [1.807, 2.05) is 30.3 Å². The van der Waals surface area contributed by atoms with E-state index >= 15 is 0 Å². The molecule has 13 heavy (non-hydrogen) atoms. The molecule has 0 radical (unpaired) electrons. The van der Waals surface area contributed by atoms with Crippen molar-refractivity contribution in [2.45, 2.75) is 19.1 Å². The monoisotopic (exact) mass is 176 g/mol. The minimum atomic E-state index is -1.88. The Hall–Kier alpha value is -1.30. The molecule has 0 saturated heterocycles. The Morgan fingerprint density at radius 3 is 2.38 bits per heavy atom. The maximum Gasteiger partial charge on any atom is 0.225 e. The van der Waals surface area contributed by atoms with E-state index in [-0.39, 0.29) is 0 Å². The number of hydrogen-bond donors (Lipinski definition) is 2. The van der Waals surface area contributed by atoms with Gasteiger partial charge in [0.15, 0.2) is 0 Å². The first kappa shape index (κ1) is 9.79. The second-order valence-electron chi connectivity index (χ2n) is 2.98. The molecular weight excluding hydrogens is 164 g/mol. The summed E-state index contributed by atoms with van der Waals surface area (Å²) in [5.41, 5.74) is 1.07. The molecule has 0 aliphatic carbocycles. The van der Waals surface area contributed by atoms with Crippen molar-refractivity contribution in [3.8, 4) is 11.8 Å². The summed E-state index contributed by atoms with van der Waals surface area (Å²) in [5, 5.41) is 17.8. The third-order valence-electron chi connectivity index (χ3n) is 1.46. The van der Waals surface area contributed by atoms with E-state index in [9.17, 15) is 0 Å². The number of benzene rings is 1. The molecule has 0 aromatic heterocycles. The van der Waals surface area contributed by atoms with Crippen LogP contribution >= 0.6 is 0 Å². The highest BCUT2D eigenvalue weighted by Crippen LogP contribution is 1.99. The molecule has 0 saturated carbocycles. The normalized spacial score (nSPS) is 10.4. The van der Waals surface area contributed by atoms with Gasteiger partial charge in [-0.3, -0.25) is 0 Å². The van der Waals surface area contributed by atoms with Gasteiger partial charge in [-0.1, -0.05) is 36.3 Å². The zero-order valence-electron chi connectivity index (χ0n) is 7.49. The molecule has 68 valence electrons. The average molecular weight is 176 g/mol. The van der Waals surface area contributed by atoms with Gasteiger partial charge in [0.25, 0.3) is 0 Å². The molecule has 0 atom stereocenters. The van der Waals surface area contributed by atoms with Gasteiger partial charge in [-0.2, -0.15) is 0 Å². The first-order valence-corrected chi connectivity index (χ1v) is 4.07. The van der Waals surface area contributed by atoms with E-state index in [0.717, 1.165) is 5.56 Å². The van der Waals surface area contributed by atoms with Crippen molar-refractivity contribution in [1.82, 2.24) is 0 Å². The Morgan fingerprint density at radius 2 is 1.85 bits per heavy atom. The van der Waals surface area contributed by atoms with E-state index in [0.29, 0.717) is 6.42 Å². The van der Waals surface area contributed by atoms with Gasteiger partial charge in [0.05, 0.1) is 0 Å². The fraction of sp³-hybridized carbons (Fsp3) is 0.273. The fourth-order valence-electron chi connectivity index (χ4n) is 0.910. The summed E-state index contributed by atoms with van der Waals surface area (Å²) in [5.74, 6) is 3.14. The molecule has 0 fully saturated rings. The van der Waals surface area contributed by atoms with Crippen LogP contribution in [0.4, 0.5) is 0 Å². The SMILES string of the molecule is CC(O)(O)C#CCc1ccccc1. The molecule has 2 nitrogen and oxygen atoms in total. The minimum absolute atomic E-state index is 0.539. The molecule has 0 amide bonds. The average Bonchev–Trinajstić information content (AvgIpc) is 2.04. The van der Waals surface area contributed by atoms with Crippen LogP contribution in [0, 0.1) is 11.8 Å². The molecule has 1 aromatic rings. The number of hydrogen-bond acceptors (Lipinski definition) is 2. The lowest BCUT2D eigenvalue weighted by Gasteiger charge is -2.04. The predicted octanol–water partition coefficient (Wildman–Crippen LogP) is 0.933. The van der Waals surface area contributed by atoms with Crippen LogP contribution in [0.3, 0.4) is 0 Å². The molecule has 2 heteroatoms. The Balaban J connectivity index is 2.56. The Morgan fingerprint density at radius 1 is 1.23 bits per heavy atom. The smallest absolute Gasteiger partial charge is 0.225 e. The maximum atomic E-state index is 8.88. The maximum absolute atomic E-state index is 8.88. The van der Waals surface area contributed by atoms with E-state index in [1.54, 1.807) is 0 Å². The van der Waals surface area contributed by atoms with Crippen molar-refractivity contribution >= 4 is 0 Å². The summed E-state index contributed by atoms with van der Waals surface area (Å²) in [6.45, 7) is 1.24. The minimum Gasteiger partial charge on any atom is -0.356 e. The topological polar surface area (TPSA) is 40.5 Å². The molecule has 1 aromatic carbocycles. The van der Waals surface area contributed by atoms with Crippen LogP contribution < -0.4 is 0 Å². The quantitative estimate of drug-likeness (QED) is 0.493. The van der Waals surface area contributed by atoms with Crippen molar-refractivity contribution in [3.05, 3.63) is 35.9 Å². The highest BCUT2D eigenvalue weighted by Gasteiger charge is 2.07. The lowest BCUT2D eigenvalue weighted by atomic mass is 10.1. The molecule has 2 N–H and O–H groups in total. The summed E-state index contributed by atoms with van der Waals surface area (Å²) < 4.78 is 0. The van der Waals surface area contributed by atoms with Crippen LogP contribution in [0.25, 0.3) is 0 Å². The predicted molar refractivity (Wildman–Crippen MR) is 50.8 cm³/mol. The van der Waals surface area contributed by atoms with E-state index in [4.69, 9.17) is 10.2 Å². The van der Waals surface area contributed by atoms with Crippen LogP contribution in [0.2, 0.25) is 0 Å². The molecule has 0 heterocycles. The Kier molecular flexibility index (Phi) is 3.07. The van der Waals surface area contributed by atoms with Gasteiger partial charge in [0.1, 0.15) is 0 Å². The lowest BCUT2D eigenvalue weighted by Crippen LogP contribution is -2.19. The van der Waals surface area contributed by atoms with E-state index < -0.39 is 5.79 Å². The molecule has 0 aliphatic rings. The summed E-state index contributed by atoms with van der Waals surface area (Å²) >= 11 is 0. The van der Waals surface area contributed by atoms with Crippen molar-refractivity contribution in [2.75, 3.05) is 0 Å². The summed E-state index contributed by atoms with van der Waals surface area (Å²) in [7, 11) is 0. The Labute approximate surface area is 77.8 Å². The van der Waals surface area contributed by atoms with Crippen molar-refractivity contribution in [2.24, 2.45) is 0 Å². The van der Waals surface area contributed by atoms with Crippen LogP contribution in [-0.4, -0.2) is 16.0 Å². The molecular formula is C11H12O2. The summed E-state index contributed by atoms with van der Waals surface area (Å²) in [4.78, 5) is 0. The number of aliphatic hydroxyl groups is 2. The lowest BCUT2D eigenvalue weighted by molar-refractivity contribution is -0.0915. The molecule has 1 rings (SSSR count). The second-order valence-corrected chi connectivity index (χ2v) is 2.98. The van der Waals surface area contributed by atoms with Crippen molar-refractivity contribution in [3.63, 3.8) is 0 Å². The highest BCUT2D eigenvalue weighted by atomic mass is 16.5. The van der Waals surface area contributed by atoms with E-state index in [1.165, 1.54) is 6.92 Å². The Bertz CT molecular complexity index is 311. The molecule has 0 unspecified atom stereocenters. The fourth-order valence-corrected chi connectivity index (χ4v) is 0.910. The zero-order valence-corrected chi connectivity index (χ0v) is 7.49. The van der Waals surface area contributed by atoms with Crippen molar-refractivity contribution < 1.29 is 10.2 Å². The van der Waals surface area contributed by atoms with Gasteiger partial charge in [0, 0.05) is 13.3 Å². The largest absolute Gasteiger partial charge is 0.356 e. The third-order valence-corrected chi connectivity index (χ3v) is 1.46. The van der Waals surface area contributed by atoms with Gasteiger partial charge >= 0.3 is 0 Å². The molecule has 0 spiro atoms. The highest BCUT2D eigenvalue weighted by molar-refractivity contribution is 5.21. The van der Waals surface area contributed by atoms with Gasteiger partial charge in [0.2, 0.25) is 5.79 Å². The van der Waals surface area contributed by atoms with Crippen LogP contribution in [0.15, 0.2) is 30.3 Å². The molecule has 0 aliphatic heterocycles. The standard InChI is InChI=1S/C11H12O2/c1-11(12,13)9-5-8-10-6-3-2-4-7-10/h2-4,6-7,12-13H,8H2,1H3. The van der Waals surface area contributed by atoms with Crippen LogP contribution in [-0.2, 0) is 6.42 Å². The van der Waals surface area contributed by atoms with Gasteiger partial charge < -0.3 is 10.2 Å². The zero-order chi connectivity index (χ0) is 9.73. The third kappa shape index (κ3) is 4.32. The van der Waals surface area contributed by atoms with Crippen molar-refractivity contribution in [1.29, 1.82) is 0 Å². The second kappa shape index (κ2) is 4.08. The molecule has 0 bridgehead atoms. The summed E-state index contributed by atoms with van der Waals surface area (Å²) in [6.07, 6.45) is 0.539. The first-order valence-electron chi connectivity index (χ1n) is 4.07. The van der Waals surface area contributed by atoms with Gasteiger partial charge in [-0.05, 0) is 11.5 Å². The van der Waals surface area contributed by atoms with Crippen LogP contribution in [0.5, 0.6) is 0 Å². The summed E-state index contributed by atoms with van der Waals surface area (Å²) in [6, 6.07) is 9.67. The first-order chi connectivity index (χ1) is 6.08. The number of rotatable bonds is 1. The van der Waals surface area contributed by atoms with Gasteiger partial charge in [-0.15, -0.1) is 0 Å².